The summed E-state index contributed by atoms with van der Waals surface area (Å²) in [5, 5.41) is 35.9. The second kappa shape index (κ2) is 13.0. The van der Waals surface area contributed by atoms with Crippen LogP contribution in [-0.2, 0) is 0 Å². The predicted molar refractivity (Wildman–Crippen MR) is 238 cm³/mol. The molecule has 270 valence electrons. The SMILES string of the molecule is CC(O)c1ccc2ccc3cc4ccccc4cc3c2c1-c1cc(-c2ccc(N)c(-c3c(C(C)O)ccc4ccc5cc6ccccc6cc5c34)c2)ccc1N. The smallest absolute Gasteiger partial charge is 0.0768 e. The van der Waals surface area contributed by atoms with Crippen molar-refractivity contribution in [2.24, 2.45) is 0 Å². The van der Waals surface area contributed by atoms with Gasteiger partial charge >= 0.3 is 0 Å². The molecular weight excluding hydrogens is 685 g/mol. The van der Waals surface area contributed by atoms with Crippen molar-refractivity contribution in [3.63, 3.8) is 0 Å². The van der Waals surface area contributed by atoms with Crippen LogP contribution in [0.25, 0.3) is 98.0 Å². The molecule has 4 heteroatoms. The Kier molecular flexibility index (Phi) is 7.82. The molecule has 0 aromatic heterocycles. The topological polar surface area (TPSA) is 92.5 Å². The Balaban J connectivity index is 1.22. The van der Waals surface area contributed by atoms with Crippen molar-refractivity contribution in [3.8, 4) is 33.4 Å². The summed E-state index contributed by atoms with van der Waals surface area (Å²) in [7, 11) is 0. The van der Waals surface area contributed by atoms with E-state index >= 15 is 0 Å². The maximum Gasteiger partial charge on any atom is 0.0768 e. The second-order valence-electron chi connectivity index (χ2n) is 15.2. The Bertz CT molecular complexity index is 3020. The fraction of sp³-hybridized carbons (Fsp3) is 0.0769. The van der Waals surface area contributed by atoms with E-state index in [-0.39, 0.29) is 0 Å². The maximum absolute atomic E-state index is 11.3. The molecule has 0 aliphatic heterocycles. The van der Waals surface area contributed by atoms with E-state index in [0.717, 1.165) is 98.4 Å². The summed E-state index contributed by atoms with van der Waals surface area (Å²) in [5.41, 5.74) is 22.2. The van der Waals surface area contributed by atoms with Crippen LogP contribution in [0.4, 0.5) is 11.4 Å². The van der Waals surface area contributed by atoms with Crippen molar-refractivity contribution < 1.29 is 10.2 Å². The van der Waals surface area contributed by atoms with Crippen LogP contribution in [0.1, 0.15) is 37.2 Å². The van der Waals surface area contributed by atoms with Crippen molar-refractivity contribution in [3.05, 3.63) is 169 Å². The van der Waals surface area contributed by atoms with Gasteiger partial charge in [-0.2, -0.15) is 0 Å². The first-order valence-corrected chi connectivity index (χ1v) is 19.2. The van der Waals surface area contributed by atoms with E-state index in [2.05, 4.69) is 121 Å². The highest BCUT2D eigenvalue weighted by Gasteiger charge is 2.21. The standard InChI is InChI=1S/C52H40N2O2/c1-29(55)41-19-15-31-11-13-39-23-33-7-3-5-9-35(33)25-43(39)49(31)51(41)45-27-37(17-21-47(45)53)38-18-22-48(54)46(28-38)52-42(30(2)56)20-16-32-12-14-40-24-34-8-4-6-10-36(34)26-44(40)50(32)52/h3-30,55-56H,53-54H2,1-2H3. The number of aliphatic hydroxyl groups excluding tert-OH is 2. The molecule has 56 heavy (non-hydrogen) atoms. The molecule has 4 nitrogen and oxygen atoms in total. The van der Waals surface area contributed by atoms with Crippen molar-refractivity contribution in [2.45, 2.75) is 26.1 Å². The summed E-state index contributed by atoms with van der Waals surface area (Å²) in [6.45, 7) is 3.63. The average Bonchev–Trinajstić information content (AvgIpc) is 3.21. The first-order valence-electron chi connectivity index (χ1n) is 19.2. The van der Waals surface area contributed by atoms with Gasteiger partial charge in [0.1, 0.15) is 0 Å². The minimum Gasteiger partial charge on any atom is -0.398 e. The van der Waals surface area contributed by atoms with E-state index in [1.54, 1.807) is 0 Å². The lowest BCUT2D eigenvalue weighted by Crippen LogP contribution is -2.01. The van der Waals surface area contributed by atoms with Gasteiger partial charge in [-0.25, -0.2) is 0 Å². The van der Waals surface area contributed by atoms with Crippen LogP contribution >= 0.6 is 0 Å². The largest absolute Gasteiger partial charge is 0.398 e. The van der Waals surface area contributed by atoms with Gasteiger partial charge in [0.25, 0.3) is 0 Å². The van der Waals surface area contributed by atoms with Crippen LogP contribution in [-0.4, -0.2) is 10.2 Å². The number of benzene rings is 10. The van der Waals surface area contributed by atoms with Crippen LogP contribution in [0.5, 0.6) is 0 Å². The second-order valence-corrected chi connectivity index (χ2v) is 15.2. The van der Waals surface area contributed by atoms with Crippen molar-refractivity contribution in [1.82, 2.24) is 0 Å². The molecule has 0 radical (unpaired) electrons. The zero-order valence-corrected chi connectivity index (χ0v) is 31.2. The summed E-state index contributed by atoms with van der Waals surface area (Å²) in [4.78, 5) is 0. The zero-order chi connectivity index (χ0) is 38.2. The van der Waals surface area contributed by atoms with E-state index in [0.29, 0.717) is 11.4 Å². The molecule has 2 atom stereocenters. The highest BCUT2D eigenvalue weighted by molar-refractivity contribution is 6.20. The minimum absolute atomic E-state index is 0.626. The van der Waals surface area contributed by atoms with Crippen molar-refractivity contribution in [2.75, 3.05) is 11.5 Å². The molecule has 10 aromatic carbocycles. The number of hydrogen-bond donors (Lipinski definition) is 4. The van der Waals surface area contributed by atoms with Gasteiger partial charge in [0.05, 0.1) is 12.2 Å². The molecule has 0 heterocycles. The Labute approximate surface area is 324 Å². The summed E-state index contributed by atoms with van der Waals surface area (Å²) < 4.78 is 0. The van der Waals surface area contributed by atoms with Gasteiger partial charge in [-0.1, -0.05) is 109 Å². The molecule has 0 bridgehead atoms. The molecule has 0 aliphatic rings. The van der Waals surface area contributed by atoms with E-state index in [1.807, 2.05) is 50.2 Å². The molecule has 6 N–H and O–H groups in total. The van der Waals surface area contributed by atoms with Crippen LogP contribution in [0, 0.1) is 0 Å². The van der Waals surface area contributed by atoms with Crippen molar-refractivity contribution in [1.29, 1.82) is 0 Å². The summed E-state index contributed by atoms with van der Waals surface area (Å²) in [5.74, 6) is 0. The molecular formula is C52H40N2O2. The molecule has 0 spiro atoms. The molecule has 0 amide bonds. The lowest BCUT2D eigenvalue weighted by molar-refractivity contribution is 0.199. The first kappa shape index (κ1) is 33.8. The highest BCUT2D eigenvalue weighted by atomic mass is 16.3. The number of anilines is 2. The number of hydrogen-bond acceptors (Lipinski definition) is 4. The molecule has 0 aliphatic carbocycles. The van der Waals surface area contributed by atoms with Gasteiger partial charge in [-0.3, -0.25) is 0 Å². The van der Waals surface area contributed by atoms with Crippen LogP contribution < -0.4 is 11.5 Å². The lowest BCUT2D eigenvalue weighted by Gasteiger charge is -2.21. The minimum atomic E-state index is -0.728. The monoisotopic (exact) mass is 724 g/mol. The highest BCUT2D eigenvalue weighted by Crippen LogP contribution is 2.46. The fourth-order valence-corrected chi connectivity index (χ4v) is 8.89. The summed E-state index contributed by atoms with van der Waals surface area (Å²) in [6, 6.07) is 55.0. The fourth-order valence-electron chi connectivity index (χ4n) is 8.89. The quantitative estimate of drug-likeness (QED) is 0.0808. The number of rotatable bonds is 5. The Hall–Kier alpha value is -6.72. The van der Waals surface area contributed by atoms with E-state index < -0.39 is 12.2 Å². The molecule has 0 fully saturated rings. The van der Waals surface area contributed by atoms with Gasteiger partial charge in [0, 0.05) is 22.5 Å². The Morgan fingerprint density at radius 2 is 0.732 bits per heavy atom. The normalized spacial score (nSPS) is 13.0. The van der Waals surface area contributed by atoms with Crippen LogP contribution in [0.3, 0.4) is 0 Å². The van der Waals surface area contributed by atoms with Gasteiger partial charge in [0.15, 0.2) is 0 Å². The number of nitrogens with two attached hydrogens (primary N) is 2. The van der Waals surface area contributed by atoms with E-state index in [1.165, 1.54) is 10.8 Å². The van der Waals surface area contributed by atoms with Crippen LogP contribution in [0.2, 0.25) is 0 Å². The molecule has 2 unspecified atom stereocenters. The van der Waals surface area contributed by atoms with Gasteiger partial charge in [-0.15, -0.1) is 0 Å². The third kappa shape index (κ3) is 5.37. The average molecular weight is 725 g/mol. The summed E-state index contributed by atoms with van der Waals surface area (Å²) in [6.07, 6.45) is -1.46. The van der Waals surface area contributed by atoms with Crippen molar-refractivity contribution >= 4 is 76.0 Å². The molecule has 0 saturated carbocycles. The predicted octanol–water partition coefficient (Wildman–Crippen LogP) is 12.9. The maximum atomic E-state index is 11.3. The lowest BCUT2D eigenvalue weighted by atomic mass is 9.85. The summed E-state index contributed by atoms with van der Waals surface area (Å²) >= 11 is 0. The van der Waals surface area contributed by atoms with Gasteiger partial charge in [-0.05, 0) is 160 Å². The van der Waals surface area contributed by atoms with Crippen LogP contribution in [0.15, 0.2) is 158 Å². The van der Waals surface area contributed by atoms with E-state index in [9.17, 15) is 10.2 Å². The Morgan fingerprint density at radius 3 is 1.12 bits per heavy atom. The number of fused-ring (bicyclic) bond motifs is 8. The number of aliphatic hydroxyl groups is 2. The zero-order valence-electron chi connectivity index (χ0n) is 31.2. The third-order valence-corrected chi connectivity index (χ3v) is 11.7. The Morgan fingerprint density at radius 1 is 0.375 bits per heavy atom. The van der Waals surface area contributed by atoms with Gasteiger partial charge < -0.3 is 21.7 Å². The molecule has 0 saturated heterocycles. The van der Waals surface area contributed by atoms with E-state index in [4.69, 9.17) is 11.5 Å². The molecule has 10 aromatic rings. The first-order chi connectivity index (χ1) is 27.2. The molecule has 10 rings (SSSR count). The third-order valence-electron chi connectivity index (χ3n) is 11.7. The van der Waals surface area contributed by atoms with Gasteiger partial charge in [0.2, 0.25) is 0 Å². The number of nitrogen functional groups attached to an aromatic ring is 2.